The quantitative estimate of drug-likeness (QED) is 0.390. The van der Waals surface area contributed by atoms with Crippen molar-refractivity contribution in [3.05, 3.63) is 84.4 Å². The lowest BCUT2D eigenvalue weighted by atomic mass is 9.64. The van der Waals surface area contributed by atoms with E-state index < -0.39 is 0 Å². The normalized spacial score (nSPS) is 23.2. The molecule has 2 heteroatoms. The van der Waals surface area contributed by atoms with Crippen molar-refractivity contribution >= 4 is 5.97 Å². The van der Waals surface area contributed by atoms with E-state index in [1.165, 1.54) is 12.0 Å². The Labute approximate surface area is 176 Å². The number of ether oxygens (including phenoxy) is 1. The summed E-state index contributed by atoms with van der Waals surface area (Å²) in [5.41, 5.74) is 2.26. The minimum absolute atomic E-state index is 0.0486. The summed E-state index contributed by atoms with van der Waals surface area (Å²) in [4.78, 5) is 13.2. The first-order valence-corrected chi connectivity index (χ1v) is 10.8. The van der Waals surface area contributed by atoms with Crippen molar-refractivity contribution in [3.63, 3.8) is 0 Å². The summed E-state index contributed by atoms with van der Waals surface area (Å²) in [5, 5.41) is 0. The van der Waals surface area contributed by atoms with Crippen LogP contribution in [0.1, 0.15) is 63.5 Å². The van der Waals surface area contributed by atoms with Gasteiger partial charge in [-0.1, -0.05) is 93.9 Å². The highest BCUT2D eigenvalue weighted by Crippen LogP contribution is 2.44. The van der Waals surface area contributed by atoms with Crippen molar-refractivity contribution in [1.82, 2.24) is 0 Å². The monoisotopic (exact) mass is 390 g/mol. The fourth-order valence-electron chi connectivity index (χ4n) is 4.82. The maximum atomic E-state index is 13.2. The molecule has 2 aromatic rings. The minimum Gasteiger partial charge on any atom is -0.462 e. The fourth-order valence-corrected chi connectivity index (χ4v) is 4.82. The van der Waals surface area contributed by atoms with Crippen LogP contribution in [0.15, 0.2) is 73.3 Å². The highest BCUT2D eigenvalue weighted by molar-refractivity contribution is 5.78. The topological polar surface area (TPSA) is 26.3 Å². The van der Waals surface area contributed by atoms with E-state index in [1.807, 2.05) is 36.4 Å². The molecule has 2 aromatic carbocycles. The fraction of sp³-hybridized carbons (Fsp3) is 0.444. The number of allylic oxidation sites excluding steroid dienone is 1. The van der Waals surface area contributed by atoms with Crippen LogP contribution in [0, 0.1) is 11.8 Å². The lowest BCUT2D eigenvalue weighted by Crippen LogP contribution is -2.44. The molecule has 0 bridgehead atoms. The molecule has 154 valence electrons. The Hall–Kier alpha value is -2.35. The maximum Gasteiger partial charge on any atom is 0.314 e. The molecule has 0 radical (unpaired) electrons. The number of hydrogen-bond acceptors (Lipinski definition) is 2. The second-order valence-electron chi connectivity index (χ2n) is 9.08. The molecular weight excluding hydrogens is 356 g/mol. The number of carbonyl (C=O) groups is 1. The third kappa shape index (κ3) is 4.98. The summed E-state index contributed by atoms with van der Waals surface area (Å²) in [6.45, 7) is 10.7. The van der Waals surface area contributed by atoms with Crippen LogP contribution in [0.2, 0.25) is 0 Å². The summed E-state index contributed by atoms with van der Waals surface area (Å²) >= 11 is 0. The van der Waals surface area contributed by atoms with Gasteiger partial charge in [-0.3, -0.25) is 4.79 Å². The van der Waals surface area contributed by atoms with Gasteiger partial charge in [0, 0.05) is 5.92 Å². The van der Waals surface area contributed by atoms with Gasteiger partial charge in [0.25, 0.3) is 0 Å². The van der Waals surface area contributed by atoms with Gasteiger partial charge in [-0.25, -0.2) is 0 Å². The van der Waals surface area contributed by atoms with Crippen molar-refractivity contribution in [2.24, 2.45) is 11.8 Å². The lowest BCUT2D eigenvalue weighted by molar-refractivity contribution is -0.158. The second kappa shape index (κ2) is 9.43. The summed E-state index contributed by atoms with van der Waals surface area (Å²) in [5.74, 6) is 0.478. The Morgan fingerprint density at radius 3 is 2.34 bits per heavy atom. The maximum absolute atomic E-state index is 13.2. The Kier molecular flexibility index (Phi) is 6.95. The molecule has 0 unspecified atom stereocenters. The van der Waals surface area contributed by atoms with E-state index in [0.717, 1.165) is 18.4 Å². The summed E-state index contributed by atoms with van der Waals surface area (Å²) in [6, 6.07) is 20.6. The van der Waals surface area contributed by atoms with Gasteiger partial charge in [-0.2, -0.15) is 0 Å². The highest BCUT2D eigenvalue weighted by Gasteiger charge is 2.42. The van der Waals surface area contributed by atoms with Gasteiger partial charge in [-0.05, 0) is 41.7 Å². The molecule has 1 saturated carbocycles. The van der Waals surface area contributed by atoms with Crippen LogP contribution in [-0.2, 0) is 14.9 Å². The van der Waals surface area contributed by atoms with Gasteiger partial charge < -0.3 is 4.74 Å². The van der Waals surface area contributed by atoms with Crippen molar-refractivity contribution < 1.29 is 9.53 Å². The van der Waals surface area contributed by atoms with E-state index in [4.69, 9.17) is 4.74 Å². The van der Waals surface area contributed by atoms with E-state index >= 15 is 0 Å². The molecule has 1 aliphatic rings. The van der Waals surface area contributed by atoms with E-state index in [1.54, 1.807) is 0 Å². The predicted octanol–water partition coefficient (Wildman–Crippen LogP) is 6.67. The molecule has 3 rings (SSSR count). The van der Waals surface area contributed by atoms with Crippen LogP contribution in [0.3, 0.4) is 0 Å². The molecule has 1 fully saturated rings. The number of esters is 1. The minimum atomic E-state index is -0.286. The summed E-state index contributed by atoms with van der Waals surface area (Å²) in [7, 11) is 0. The van der Waals surface area contributed by atoms with Gasteiger partial charge >= 0.3 is 5.97 Å². The predicted molar refractivity (Wildman–Crippen MR) is 120 cm³/mol. The van der Waals surface area contributed by atoms with Gasteiger partial charge in [0.2, 0.25) is 0 Å². The van der Waals surface area contributed by atoms with Crippen molar-refractivity contribution in [1.29, 1.82) is 0 Å². The molecule has 0 aromatic heterocycles. The molecule has 0 heterocycles. The molecule has 0 saturated heterocycles. The third-order valence-corrected chi connectivity index (χ3v) is 6.66. The smallest absolute Gasteiger partial charge is 0.314 e. The van der Waals surface area contributed by atoms with Crippen molar-refractivity contribution in [2.75, 3.05) is 0 Å². The van der Waals surface area contributed by atoms with Crippen LogP contribution in [0.25, 0.3) is 0 Å². The molecule has 4 atom stereocenters. The molecule has 0 amide bonds. The molecule has 0 N–H and O–H groups in total. The van der Waals surface area contributed by atoms with Crippen LogP contribution < -0.4 is 0 Å². The second-order valence-corrected chi connectivity index (χ2v) is 9.08. The first kappa shape index (κ1) is 21.4. The standard InChI is InChI=1S/C27H34O2/c1-5-12-23(21-13-8-6-9-14-21)26(28)29-25-19-20(2)17-18-24(25)27(3,4)22-15-10-7-11-16-22/h5-11,13-16,20,23-25H,1,12,17-19H2,2-4H3/t20-,23-,24-,25-/m1/s1. The molecule has 2 nitrogen and oxygen atoms in total. The van der Waals surface area contributed by atoms with Gasteiger partial charge in [0.1, 0.15) is 6.10 Å². The van der Waals surface area contributed by atoms with Crippen molar-refractivity contribution in [2.45, 2.75) is 63.9 Å². The Morgan fingerprint density at radius 2 is 1.72 bits per heavy atom. The van der Waals surface area contributed by atoms with Crippen LogP contribution in [0.5, 0.6) is 0 Å². The zero-order valence-electron chi connectivity index (χ0n) is 18.0. The number of rotatable bonds is 7. The average molecular weight is 391 g/mol. The number of carbonyl (C=O) groups excluding carboxylic acids is 1. The van der Waals surface area contributed by atoms with Crippen molar-refractivity contribution in [3.8, 4) is 0 Å². The summed E-state index contributed by atoms with van der Waals surface area (Å²) in [6.07, 6.45) is 5.55. The third-order valence-electron chi connectivity index (χ3n) is 6.66. The molecule has 1 aliphatic carbocycles. The van der Waals surface area contributed by atoms with E-state index in [-0.39, 0.29) is 23.4 Å². The van der Waals surface area contributed by atoms with Gasteiger partial charge in [0.05, 0.1) is 5.92 Å². The average Bonchev–Trinajstić information content (AvgIpc) is 2.73. The van der Waals surface area contributed by atoms with E-state index in [2.05, 4.69) is 57.7 Å². The molecule has 29 heavy (non-hydrogen) atoms. The van der Waals surface area contributed by atoms with E-state index in [0.29, 0.717) is 18.3 Å². The molecular formula is C27H34O2. The zero-order chi connectivity index (χ0) is 20.9. The lowest BCUT2D eigenvalue weighted by Gasteiger charge is -2.44. The summed E-state index contributed by atoms with van der Waals surface area (Å²) < 4.78 is 6.26. The molecule has 0 aliphatic heterocycles. The van der Waals surface area contributed by atoms with Crippen LogP contribution in [-0.4, -0.2) is 12.1 Å². The first-order chi connectivity index (χ1) is 13.9. The number of hydrogen-bond donors (Lipinski definition) is 0. The molecule has 0 spiro atoms. The highest BCUT2D eigenvalue weighted by atomic mass is 16.5. The SMILES string of the molecule is C=CC[C@@H](C(=O)O[C@@H]1C[C@H](C)CC[C@H]1C(C)(C)c1ccccc1)c1ccccc1. The van der Waals surface area contributed by atoms with Crippen LogP contribution in [0.4, 0.5) is 0 Å². The largest absolute Gasteiger partial charge is 0.462 e. The Balaban J connectivity index is 1.83. The first-order valence-electron chi connectivity index (χ1n) is 10.8. The Morgan fingerprint density at radius 1 is 1.10 bits per heavy atom. The zero-order valence-corrected chi connectivity index (χ0v) is 18.0. The van der Waals surface area contributed by atoms with Gasteiger partial charge in [-0.15, -0.1) is 6.58 Å². The number of benzene rings is 2. The van der Waals surface area contributed by atoms with Crippen LogP contribution >= 0.6 is 0 Å². The van der Waals surface area contributed by atoms with Gasteiger partial charge in [0.15, 0.2) is 0 Å². The van der Waals surface area contributed by atoms with E-state index in [9.17, 15) is 4.79 Å². The Bertz CT molecular complexity index is 794.